The molecule has 1 aliphatic heterocycles. The van der Waals surface area contributed by atoms with Crippen molar-refractivity contribution in [1.29, 1.82) is 0 Å². The maximum atomic E-state index is 14.6. The van der Waals surface area contributed by atoms with Crippen molar-refractivity contribution in [3.05, 3.63) is 65.5 Å². The van der Waals surface area contributed by atoms with Crippen molar-refractivity contribution in [3.63, 3.8) is 0 Å². The molecule has 1 aromatic carbocycles. The van der Waals surface area contributed by atoms with E-state index in [0.29, 0.717) is 30.8 Å². The lowest BCUT2D eigenvalue weighted by atomic mass is 10.1. The Hall–Kier alpha value is -4.32. The SMILES string of the molecule is COc1ncc(-c2ccn3nc(N)nc3c2)cc1C(=O)NCc1cc(F)cc(F)c1OC1CCCOC1. The van der Waals surface area contributed by atoms with Gasteiger partial charge in [0.2, 0.25) is 11.8 Å². The van der Waals surface area contributed by atoms with Gasteiger partial charge >= 0.3 is 0 Å². The highest BCUT2D eigenvalue weighted by Gasteiger charge is 2.22. The maximum Gasteiger partial charge on any atom is 0.257 e. The molecule has 10 nitrogen and oxygen atoms in total. The number of pyridine rings is 2. The Bertz CT molecular complexity index is 1450. The van der Waals surface area contributed by atoms with Crippen LogP contribution in [0.15, 0.2) is 42.7 Å². The van der Waals surface area contributed by atoms with Crippen molar-refractivity contribution >= 4 is 17.5 Å². The minimum absolute atomic E-state index is 0.0929. The summed E-state index contributed by atoms with van der Waals surface area (Å²) < 4.78 is 46.6. The summed E-state index contributed by atoms with van der Waals surface area (Å²) in [5.41, 5.74) is 7.83. The number of halogens is 2. The van der Waals surface area contributed by atoms with Gasteiger partial charge in [0.05, 0.1) is 13.7 Å². The number of ether oxygens (including phenoxy) is 3. The number of hydrogen-bond acceptors (Lipinski definition) is 8. The minimum Gasteiger partial charge on any atom is -0.485 e. The number of amides is 1. The van der Waals surface area contributed by atoms with E-state index in [9.17, 15) is 13.6 Å². The first-order chi connectivity index (χ1) is 17.9. The normalized spacial score (nSPS) is 15.5. The van der Waals surface area contributed by atoms with Gasteiger partial charge in [0.25, 0.3) is 5.91 Å². The van der Waals surface area contributed by atoms with Gasteiger partial charge in [-0.15, -0.1) is 5.10 Å². The molecule has 3 N–H and O–H groups in total. The summed E-state index contributed by atoms with van der Waals surface area (Å²) in [6, 6.07) is 7.02. The van der Waals surface area contributed by atoms with Crippen molar-refractivity contribution in [3.8, 4) is 22.8 Å². The van der Waals surface area contributed by atoms with Crippen LogP contribution in [0.4, 0.5) is 14.7 Å². The molecule has 0 saturated carbocycles. The quantitative estimate of drug-likeness (QED) is 0.388. The Morgan fingerprint density at radius 2 is 2.14 bits per heavy atom. The molecule has 1 saturated heterocycles. The third-order valence-corrected chi connectivity index (χ3v) is 5.90. The van der Waals surface area contributed by atoms with Gasteiger partial charge in [0.15, 0.2) is 17.2 Å². The molecule has 12 heteroatoms. The van der Waals surface area contributed by atoms with Crippen molar-refractivity contribution in [1.82, 2.24) is 24.9 Å². The topological polar surface area (TPSA) is 126 Å². The lowest BCUT2D eigenvalue weighted by Crippen LogP contribution is -2.29. The first kappa shape index (κ1) is 24.4. The second-order valence-corrected chi connectivity index (χ2v) is 8.48. The first-order valence-electron chi connectivity index (χ1n) is 11.6. The summed E-state index contributed by atoms with van der Waals surface area (Å²) in [4.78, 5) is 21.5. The number of methoxy groups -OCH3 is 1. The van der Waals surface area contributed by atoms with Crippen molar-refractivity contribution < 1.29 is 27.8 Å². The van der Waals surface area contributed by atoms with E-state index in [4.69, 9.17) is 19.9 Å². The number of benzene rings is 1. The average molecular weight is 511 g/mol. The molecule has 0 spiro atoms. The Labute approximate surface area is 210 Å². The zero-order chi connectivity index (χ0) is 25.9. The molecule has 4 aromatic rings. The molecule has 0 aliphatic carbocycles. The van der Waals surface area contributed by atoms with E-state index in [-0.39, 0.29) is 41.4 Å². The second-order valence-electron chi connectivity index (χ2n) is 8.48. The van der Waals surface area contributed by atoms with E-state index < -0.39 is 17.5 Å². The standard InChI is InChI=1S/C25H24F2N6O4/c1-35-24-19(8-15(11-30-24)14-4-5-33-21(9-14)31-25(28)32-33)23(34)29-12-16-7-17(26)10-20(27)22(16)37-18-3-2-6-36-13-18/h4-5,7-11,18H,2-3,6,12-13H2,1H3,(H2,28,32)(H,29,34). The molecule has 1 unspecified atom stereocenters. The molecule has 37 heavy (non-hydrogen) atoms. The van der Waals surface area contributed by atoms with E-state index in [0.717, 1.165) is 24.1 Å². The van der Waals surface area contributed by atoms with Crippen LogP contribution in [0, 0.1) is 11.6 Å². The number of carbonyl (C=O) groups is 1. The van der Waals surface area contributed by atoms with Gasteiger partial charge < -0.3 is 25.3 Å². The number of anilines is 1. The average Bonchev–Trinajstić information content (AvgIpc) is 3.28. The summed E-state index contributed by atoms with van der Waals surface area (Å²) in [6.45, 7) is 0.741. The van der Waals surface area contributed by atoms with Gasteiger partial charge in [-0.3, -0.25) is 4.79 Å². The van der Waals surface area contributed by atoms with Crippen LogP contribution < -0.4 is 20.5 Å². The highest BCUT2D eigenvalue weighted by atomic mass is 19.1. The van der Waals surface area contributed by atoms with Crippen LogP contribution in [-0.2, 0) is 11.3 Å². The van der Waals surface area contributed by atoms with Gasteiger partial charge in [0, 0.05) is 42.7 Å². The van der Waals surface area contributed by atoms with Gasteiger partial charge in [-0.1, -0.05) is 0 Å². The number of rotatable bonds is 7. The van der Waals surface area contributed by atoms with Crippen molar-refractivity contribution in [2.75, 3.05) is 26.1 Å². The second kappa shape index (κ2) is 10.3. The van der Waals surface area contributed by atoms with Crippen LogP contribution in [-0.4, -0.2) is 51.9 Å². The molecular formula is C25H24F2N6O4. The van der Waals surface area contributed by atoms with Crippen LogP contribution >= 0.6 is 0 Å². The minimum atomic E-state index is -0.847. The van der Waals surface area contributed by atoms with Crippen molar-refractivity contribution in [2.45, 2.75) is 25.5 Å². The summed E-state index contributed by atoms with van der Waals surface area (Å²) >= 11 is 0. The number of carbonyl (C=O) groups excluding carboxylic acids is 1. The molecular weight excluding hydrogens is 486 g/mol. The predicted molar refractivity (Wildman–Crippen MR) is 129 cm³/mol. The fourth-order valence-electron chi connectivity index (χ4n) is 4.13. The fraction of sp³-hybridized carbons (Fsp3) is 0.280. The Morgan fingerprint density at radius 1 is 1.27 bits per heavy atom. The number of aromatic nitrogens is 4. The summed E-state index contributed by atoms with van der Waals surface area (Å²) in [5, 5.41) is 6.73. The van der Waals surface area contributed by atoms with Crippen LogP contribution in [0.1, 0.15) is 28.8 Å². The maximum absolute atomic E-state index is 14.6. The molecule has 1 fully saturated rings. The molecule has 192 valence electrons. The molecule has 0 bridgehead atoms. The van der Waals surface area contributed by atoms with E-state index >= 15 is 0 Å². The summed E-state index contributed by atoms with van der Waals surface area (Å²) in [7, 11) is 1.39. The molecule has 4 heterocycles. The fourth-order valence-corrected chi connectivity index (χ4v) is 4.13. The molecule has 3 aromatic heterocycles. The van der Waals surface area contributed by atoms with Gasteiger partial charge in [-0.25, -0.2) is 18.3 Å². The zero-order valence-corrected chi connectivity index (χ0v) is 19.9. The monoisotopic (exact) mass is 510 g/mol. The lowest BCUT2D eigenvalue weighted by Gasteiger charge is -2.25. The third kappa shape index (κ3) is 5.28. The predicted octanol–water partition coefficient (Wildman–Crippen LogP) is 3.15. The molecule has 0 radical (unpaired) electrons. The number of nitrogens with one attached hydrogen (secondary N) is 1. The largest absolute Gasteiger partial charge is 0.485 e. The summed E-state index contributed by atoms with van der Waals surface area (Å²) in [6.07, 6.45) is 4.35. The van der Waals surface area contributed by atoms with Crippen LogP contribution in [0.2, 0.25) is 0 Å². The van der Waals surface area contributed by atoms with E-state index in [1.165, 1.54) is 11.6 Å². The lowest BCUT2D eigenvalue weighted by molar-refractivity contribution is 0.00537. The summed E-state index contributed by atoms with van der Waals surface area (Å²) in [5.74, 6) is -2.05. The molecule has 1 atom stereocenters. The number of hydrogen-bond donors (Lipinski definition) is 2. The molecule has 5 rings (SSSR count). The van der Waals surface area contributed by atoms with Gasteiger partial charge in [0.1, 0.15) is 17.5 Å². The van der Waals surface area contributed by atoms with E-state index in [1.54, 1.807) is 30.6 Å². The van der Waals surface area contributed by atoms with E-state index in [2.05, 4.69) is 20.4 Å². The third-order valence-electron chi connectivity index (χ3n) is 5.90. The van der Waals surface area contributed by atoms with Crippen molar-refractivity contribution in [2.24, 2.45) is 0 Å². The number of nitrogens with zero attached hydrogens (tertiary/aromatic N) is 4. The Morgan fingerprint density at radius 3 is 2.92 bits per heavy atom. The highest BCUT2D eigenvalue weighted by Crippen LogP contribution is 2.28. The first-order valence-corrected chi connectivity index (χ1v) is 11.6. The number of nitrogens with two attached hydrogens (primary N) is 1. The smallest absolute Gasteiger partial charge is 0.257 e. The van der Waals surface area contributed by atoms with Crippen LogP contribution in [0.3, 0.4) is 0 Å². The van der Waals surface area contributed by atoms with Crippen LogP contribution in [0.5, 0.6) is 11.6 Å². The highest BCUT2D eigenvalue weighted by molar-refractivity contribution is 5.97. The number of nitrogen functional groups attached to an aromatic ring is 1. The Kier molecular flexibility index (Phi) is 6.82. The zero-order valence-electron chi connectivity index (χ0n) is 19.9. The Balaban J connectivity index is 1.38. The van der Waals surface area contributed by atoms with Crippen LogP contribution in [0.25, 0.3) is 16.8 Å². The molecule has 1 aliphatic rings. The van der Waals surface area contributed by atoms with E-state index in [1.807, 2.05) is 0 Å². The number of fused-ring (bicyclic) bond motifs is 1. The van der Waals surface area contributed by atoms with Gasteiger partial charge in [-0.2, -0.15) is 4.98 Å². The van der Waals surface area contributed by atoms with Gasteiger partial charge in [-0.05, 0) is 42.7 Å². The molecule has 1 amide bonds.